The zero-order valence-corrected chi connectivity index (χ0v) is 13.3. The second-order valence-electron chi connectivity index (χ2n) is 5.88. The summed E-state index contributed by atoms with van der Waals surface area (Å²) in [5.74, 6) is 0. The Labute approximate surface area is 123 Å². The van der Waals surface area contributed by atoms with Gasteiger partial charge in [-0.25, -0.2) is 4.79 Å². The second-order valence-corrected chi connectivity index (χ2v) is 6.74. The largest absolute Gasteiger partial charge is 0.444 e. The van der Waals surface area contributed by atoms with Crippen LogP contribution in [-0.4, -0.2) is 23.1 Å². The molecule has 1 aromatic carbocycles. The van der Waals surface area contributed by atoms with Crippen molar-refractivity contribution in [3.05, 3.63) is 33.8 Å². The maximum absolute atomic E-state index is 12.2. The predicted molar refractivity (Wildman–Crippen MR) is 79.1 cm³/mol. The summed E-state index contributed by atoms with van der Waals surface area (Å²) >= 11 is 3.58. The molecule has 2 rings (SSSR count). The van der Waals surface area contributed by atoms with E-state index in [0.29, 0.717) is 6.54 Å². The molecule has 1 aliphatic heterocycles. The Balaban J connectivity index is 2.18. The van der Waals surface area contributed by atoms with Gasteiger partial charge in [0.05, 0.1) is 6.54 Å². The number of hydrogen-bond donors (Lipinski definition) is 0. The smallest absolute Gasteiger partial charge is 0.410 e. The summed E-state index contributed by atoms with van der Waals surface area (Å²) in [7, 11) is 0. The lowest BCUT2D eigenvalue weighted by atomic mass is 10.0. The summed E-state index contributed by atoms with van der Waals surface area (Å²) in [6, 6.07) is 6.21. The summed E-state index contributed by atoms with van der Waals surface area (Å²) in [6.45, 7) is 7.05. The van der Waals surface area contributed by atoms with Gasteiger partial charge >= 0.3 is 6.09 Å². The Morgan fingerprint density at radius 3 is 2.79 bits per heavy atom. The molecule has 0 aliphatic carbocycles. The summed E-state index contributed by atoms with van der Waals surface area (Å²) in [5, 5.41) is 0. The van der Waals surface area contributed by atoms with Crippen molar-refractivity contribution in [1.82, 2.24) is 4.90 Å². The number of amides is 1. The molecular formula is C15H20BrNO2. The molecule has 0 bridgehead atoms. The Morgan fingerprint density at radius 1 is 1.37 bits per heavy atom. The molecule has 0 unspecified atom stereocenters. The van der Waals surface area contributed by atoms with Gasteiger partial charge in [0.25, 0.3) is 0 Å². The minimum atomic E-state index is -0.444. The van der Waals surface area contributed by atoms with E-state index in [1.54, 1.807) is 4.90 Å². The van der Waals surface area contributed by atoms with Gasteiger partial charge in [0.15, 0.2) is 0 Å². The molecule has 0 radical (unpaired) electrons. The van der Waals surface area contributed by atoms with Crippen LogP contribution in [-0.2, 0) is 17.7 Å². The van der Waals surface area contributed by atoms with E-state index in [0.717, 1.165) is 23.9 Å². The van der Waals surface area contributed by atoms with Crippen molar-refractivity contribution in [3.63, 3.8) is 0 Å². The first kappa shape index (κ1) is 14.4. The lowest BCUT2D eigenvalue weighted by Gasteiger charge is -2.26. The van der Waals surface area contributed by atoms with E-state index in [2.05, 4.69) is 22.0 Å². The van der Waals surface area contributed by atoms with E-state index in [4.69, 9.17) is 4.74 Å². The number of halogens is 1. The maximum Gasteiger partial charge on any atom is 0.410 e. The zero-order chi connectivity index (χ0) is 14.0. The maximum atomic E-state index is 12.2. The Hall–Kier alpha value is -1.03. The highest BCUT2D eigenvalue weighted by molar-refractivity contribution is 9.10. The van der Waals surface area contributed by atoms with Crippen LogP contribution in [0.25, 0.3) is 0 Å². The van der Waals surface area contributed by atoms with E-state index in [1.165, 1.54) is 11.1 Å². The minimum absolute atomic E-state index is 0.226. The summed E-state index contributed by atoms with van der Waals surface area (Å²) in [5.41, 5.74) is 2.08. The zero-order valence-electron chi connectivity index (χ0n) is 11.7. The molecule has 0 saturated heterocycles. The lowest BCUT2D eigenvalue weighted by Crippen LogP contribution is -2.36. The fraction of sp³-hybridized carbons (Fsp3) is 0.533. The molecule has 0 N–H and O–H groups in total. The fourth-order valence-corrected chi connectivity index (χ4v) is 2.76. The third-order valence-corrected chi connectivity index (χ3v) is 3.83. The Bertz CT molecular complexity index is 480. The van der Waals surface area contributed by atoms with Gasteiger partial charge < -0.3 is 9.64 Å². The summed E-state index contributed by atoms with van der Waals surface area (Å²) < 4.78 is 6.53. The number of ether oxygens (including phenoxy) is 1. The van der Waals surface area contributed by atoms with Crippen LogP contribution in [0, 0.1) is 0 Å². The third-order valence-electron chi connectivity index (χ3n) is 3.09. The SMILES string of the molecule is CC(C)(C)OC(=O)N1CCCc2cccc(Br)c2C1. The van der Waals surface area contributed by atoms with Crippen molar-refractivity contribution in [1.29, 1.82) is 0 Å². The molecule has 19 heavy (non-hydrogen) atoms. The number of benzene rings is 1. The van der Waals surface area contributed by atoms with Crippen molar-refractivity contribution < 1.29 is 9.53 Å². The lowest BCUT2D eigenvalue weighted by molar-refractivity contribution is 0.0236. The van der Waals surface area contributed by atoms with E-state index in [9.17, 15) is 4.79 Å². The summed E-state index contributed by atoms with van der Waals surface area (Å²) in [4.78, 5) is 14.0. The number of hydrogen-bond acceptors (Lipinski definition) is 2. The highest BCUT2D eigenvalue weighted by Crippen LogP contribution is 2.27. The first-order chi connectivity index (χ1) is 8.87. The first-order valence-corrected chi connectivity index (χ1v) is 7.40. The quantitative estimate of drug-likeness (QED) is 0.717. The van der Waals surface area contributed by atoms with Crippen LogP contribution in [0.15, 0.2) is 22.7 Å². The van der Waals surface area contributed by atoms with Gasteiger partial charge in [0, 0.05) is 11.0 Å². The van der Waals surface area contributed by atoms with Crippen molar-refractivity contribution in [2.24, 2.45) is 0 Å². The second kappa shape index (κ2) is 5.53. The van der Waals surface area contributed by atoms with Gasteiger partial charge in [-0.2, -0.15) is 0 Å². The van der Waals surface area contributed by atoms with E-state index < -0.39 is 5.60 Å². The number of carbonyl (C=O) groups excluding carboxylic acids is 1. The molecule has 4 heteroatoms. The topological polar surface area (TPSA) is 29.5 Å². The van der Waals surface area contributed by atoms with Crippen molar-refractivity contribution in [2.45, 2.75) is 45.8 Å². The molecule has 0 spiro atoms. The highest BCUT2D eigenvalue weighted by Gasteiger charge is 2.25. The average molecular weight is 326 g/mol. The minimum Gasteiger partial charge on any atom is -0.444 e. The van der Waals surface area contributed by atoms with Crippen LogP contribution in [0.2, 0.25) is 0 Å². The van der Waals surface area contributed by atoms with Crippen LogP contribution in [0.1, 0.15) is 38.3 Å². The Kier molecular flexibility index (Phi) is 4.19. The molecule has 1 amide bonds. The highest BCUT2D eigenvalue weighted by atomic mass is 79.9. The molecule has 3 nitrogen and oxygen atoms in total. The van der Waals surface area contributed by atoms with Crippen molar-refractivity contribution in [3.8, 4) is 0 Å². The molecule has 0 saturated carbocycles. The van der Waals surface area contributed by atoms with Crippen LogP contribution in [0.4, 0.5) is 4.79 Å². The van der Waals surface area contributed by atoms with Crippen LogP contribution in [0.3, 0.4) is 0 Å². The molecule has 1 aromatic rings. The van der Waals surface area contributed by atoms with Crippen LogP contribution >= 0.6 is 15.9 Å². The molecule has 0 atom stereocenters. The fourth-order valence-electron chi connectivity index (χ4n) is 2.23. The number of rotatable bonds is 0. The van der Waals surface area contributed by atoms with E-state index in [1.807, 2.05) is 32.9 Å². The molecule has 0 fully saturated rings. The van der Waals surface area contributed by atoms with Gasteiger partial charge in [-0.15, -0.1) is 0 Å². The van der Waals surface area contributed by atoms with E-state index in [-0.39, 0.29) is 6.09 Å². The third kappa shape index (κ3) is 3.72. The van der Waals surface area contributed by atoms with Crippen molar-refractivity contribution >= 4 is 22.0 Å². The monoisotopic (exact) mass is 325 g/mol. The standard InChI is InChI=1S/C15H20BrNO2/c1-15(2,3)19-14(18)17-9-5-7-11-6-4-8-13(16)12(11)10-17/h4,6,8H,5,7,9-10H2,1-3H3. The predicted octanol–water partition coefficient (Wildman–Crippen LogP) is 4.13. The van der Waals surface area contributed by atoms with Crippen molar-refractivity contribution in [2.75, 3.05) is 6.54 Å². The first-order valence-electron chi connectivity index (χ1n) is 6.61. The number of carbonyl (C=O) groups is 1. The average Bonchev–Trinajstić information content (AvgIpc) is 2.50. The van der Waals surface area contributed by atoms with Gasteiger partial charge in [0.1, 0.15) is 5.60 Å². The van der Waals surface area contributed by atoms with Crippen LogP contribution in [0.5, 0.6) is 0 Å². The van der Waals surface area contributed by atoms with Gasteiger partial charge in [-0.1, -0.05) is 28.1 Å². The van der Waals surface area contributed by atoms with Gasteiger partial charge in [-0.05, 0) is 50.8 Å². The van der Waals surface area contributed by atoms with Gasteiger partial charge in [0.2, 0.25) is 0 Å². The van der Waals surface area contributed by atoms with Gasteiger partial charge in [-0.3, -0.25) is 0 Å². The molecule has 1 aliphatic rings. The molecule has 104 valence electrons. The van der Waals surface area contributed by atoms with Crippen LogP contribution < -0.4 is 0 Å². The molecule has 1 heterocycles. The number of fused-ring (bicyclic) bond motifs is 1. The number of nitrogens with zero attached hydrogens (tertiary/aromatic N) is 1. The molecular weight excluding hydrogens is 306 g/mol. The number of aryl methyl sites for hydroxylation is 1. The molecule has 0 aromatic heterocycles. The normalized spacial score (nSPS) is 15.7. The summed E-state index contributed by atoms with van der Waals surface area (Å²) in [6.07, 6.45) is 1.76. The Morgan fingerprint density at radius 2 is 2.11 bits per heavy atom. The van der Waals surface area contributed by atoms with E-state index >= 15 is 0 Å².